The SMILES string of the molecule is CC(C)Oc1ccc(C(C)C)cn1.CC(C)c1cnc(Cl)cc1Cl.Cc1ccc(C(C)C)cn1.Cc1ccncc1C(C)C. The molecule has 0 amide bonds. The Hall–Kier alpha value is -3.02. The number of pyridine rings is 4. The number of hydrogen-bond donors (Lipinski definition) is 0. The zero-order valence-electron chi connectivity index (χ0n) is 28.7. The summed E-state index contributed by atoms with van der Waals surface area (Å²) in [4.78, 5) is 16.4. The fourth-order valence-corrected chi connectivity index (χ4v) is 4.37. The summed E-state index contributed by atoms with van der Waals surface area (Å²) in [7, 11) is 0. The minimum Gasteiger partial charge on any atom is -0.475 e. The van der Waals surface area contributed by atoms with Gasteiger partial charge in [0.25, 0.3) is 0 Å². The van der Waals surface area contributed by atoms with Gasteiger partial charge in [-0.25, -0.2) is 9.97 Å². The van der Waals surface area contributed by atoms with E-state index in [1.807, 2.05) is 51.6 Å². The van der Waals surface area contributed by atoms with E-state index in [1.54, 1.807) is 12.3 Å². The van der Waals surface area contributed by atoms with E-state index in [4.69, 9.17) is 27.9 Å². The number of nitrogens with zero attached hydrogens (tertiary/aromatic N) is 4. The topological polar surface area (TPSA) is 60.8 Å². The molecule has 0 unspecified atom stereocenters. The van der Waals surface area contributed by atoms with E-state index < -0.39 is 0 Å². The van der Waals surface area contributed by atoms with E-state index in [0.29, 0.717) is 39.7 Å². The lowest BCUT2D eigenvalue weighted by Crippen LogP contribution is -2.06. The fraction of sp³-hybridized carbons (Fsp3) is 0.459. The number of halogens is 2. The molecule has 0 aliphatic carbocycles. The van der Waals surface area contributed by atoms with Crippen molar-refractivity contribution in [3.63, 3.8) is 0 Å². The van der Waals surface area contributed by atoms with Crippen LogP contribution >= 0.6 is 23.2 Å². The highest BCUT2D eigenvalue weighted by atomic mass is 35.5. The van der Waals surface area contributed by atoms with E-state index in [1.165, 1.54) is 22.3 Å². The van der Waals surface area contributed by atoms with Crippen LogP contribution in [0.1, 0.15) is 126 Å². The molecule has 4 aromatic heterocycles. The van der Waals surface area contributed by atoms with Gasteiger partial charge in [0.1, 0.15) is 5.15 Å². The van der Waals surface area contributed by atoms with Gasteiger partial charge >= 0.3 is 0 Å². The summed E-state index contributed by atoms with van der Waals surface area (Å²) in [5.41, 5.74) is 7.37. The molecular weight excluding hydrogens is 587 g/mol. The van der Waals surface area contributed by atoms with Crippen LogP contribution in [0, 0.1) is 13.8 Å². The van der Waals surface area contributed by atoms with Crippen LogP contribution in [0.2, 0.25) is 10.2 Å². The van der Waals surface area contributed by atoms with Gasteiger partial charge in [-0.2, -0.15) is 0 Å². The summed E-state index contributed by atoms with van der Waals surface area (Å²) in [5, 5.41) is 1.14. The van der Waals surface area contributed by atoms with Gasteiger partial charge in [0.15, 0.2) is 0 Å². The number of rotatable bonds is 6. The van der Waals surface area contributed by atoms with Gasteiger partial charge in [0.05, 0.1) is 6.10 Å². The summed E-state index contributed by atoms with van der Waals surface area (Å²) in [6, 6.07) is 11.9. The van der Waals surface area contributed by atoms with Crippen molar-refractivity contribution in [3.8, 4) is 5.88 Å². The minimum absolute atomic E-state index is 0.192. The summed E-state index contributed by atoms with van der Waals surface area (Å²) in [6.45, 7) is 25.3. The quantitative estimate of drug-likeness (QED) is 0.196. The lowest BCUT2D eigenvalue weighted by molar-refractivity contribution is 0.232. The molecule has 5 nitrogen and oxygen atoms in total. The van der Waals surface area contributed by atoms with Crippen molar-refractivity contribution in [2.75, 3.05) is 0 Å². The Morgan fingerprint density at radius 3 is 1.55 bits per heavy atom. The van der Waals surface area contributed by atoms with Gasteiger partial charge in [-0.15, -0.1) is 0 Å². The number of ether oxygens (including phenoxy) is 1. The molecule has 0 aliphatic heterocycles. The Balaban J connectivity index is 0.000000295. The van der Waals surface area contributed by atoms with E-state index in [0.717, 1.165) is 11.3 Å². The fourth-order valence-electron chi connectivity index (χ4n) is 3.79. The van der Waals surface area contributed by atoms with Gasteiger partial charge in [0, 0.05) is 47.8 Å². The molecular formula is C37H52Cl2N4O. The van der Waals surface area contributed by atoms with Crippen molar-refractivity contribution in [1.82, 2.24) is 19.9 Å². The maximum Gasteiger partial charge on any atom is 0.213 e. The van der Waals surface area contributed by atoms with E-state index in [9.17, 15) is 0 Å². The van der Waals surface area contributed by atoms with Gasteiger partial charge < -0.3 is 4.74 Å². The molecule has 0 saturated carbocycles. The number of aryl methyl sites for hydroxylation is 2. The molecule has 0 spiro atoms. The zero-order valence-corrected chi connectivity index (χ0v) is 30.2. The van der Waals surface area contributed by atoms with Crippen LogP contribution in [0.3, 0.4) is 0 Å². The second-order valence-electron chi connectivity index (χ2n) is 12.2. The molecule has 0 N–H and O–H groups in total. The maximum absolute atomic E-state index is 5.90. The monoisotopic (exact) mass is 638 g/mol. The summed E-state index contributed by atoms with van der Waals surface area (Å²) < 4.78 is 5.44. The Morgan fingerprint density at radius 1 is 0.591 bits per heavy atom. The highest BCUT2D eigenvalue weighted by molar-refractivity contribution is 6.34. The molecule has 0 bridgehead atoms. The largest absolute Gasteiger partial charge is 0.475 e. The number of hydrogen-bond acceptors (Lipinski definition) is 5. The third-order valence-corrected chi connectivity index (χ3v) is 7.09. The van der Waals surface area contributed by atoms with Crippen molar-refractivity contribution < 1.29 is 4.74 Å². The van der Waals surface area contributed by atoms with E-state index >= 15 is 0 Å². The summed E-state index contributed by atoms with van der Waals surface area (Å²) >= 11 is 11.5. The van der Waals surface area contributed by atoms with Crippen molar-refractivity contribution in [2.24, 2.45) is 0 Å². The van der Waals surface area contributed by atoms with Crippen LogP contribution in [0.15, 0.2) is 67.4 Å². The van der Waals surface area contributed by atoms with Gasteiger partial charge in [0.2, 0.25) is 5.88 Å². The number of aromatic nitrogens is 4. The molecule has 0 radical (unpaired) electrons. The Kier molecular flexibility index (Phi) is 17.8. The first kappa shape index (κ1) is 39.0. The molecule has 240 valence electrons. The van der Waals surface area contributed by atoms with Crippen molar-refractivity contribution in [2.45, 2.75) is 113 Å². The minimum atomic E-state index is 0.192. The molecule has 0 fully saturated rings. The Morgan fingerprint density at radius 2 is 1.16 bits per heavy atom. The van der Waals surface area contributed by atoms with Crippen LogP contribution in [0.4, 0.5) is 0 Å². The molecule has 0 aromatic carbocycles. The first-order valence-electron chi connectivity index (χ1n) is 15.4. The average molecular weight is 640 g/mol. The summed E-state index contributed by atoms with van der Waals surface area (Å²) in [6.07, 6.45) is 9.51. The van der Waals surface area contributed by atoms with Crippen LogP contribution in [0.5, 0.6) is 5.88 Å². The third kappa shape index (κ3) is 15.1. The lowest BCUT2D eigenvalue weighted by Gasteiger charge is -2.09. The van der Waals surface area contributed by atoms with E-state index in [2.05, 4.69) is 107 Å². The Bertz CT molecular complexity index is 1350. The van der Waals surface area contributed by atoms with E-state index in [-0.39, 0.29) is 6.10 Å². The van der Waals surface area contributed by atoms with Crippen molar-refractivity contribution in [1.29, 1.82) is 0 Å². The predicted octanol–water partition coefficient (Wildman–Crippen LogP) is 11.5. The maximum atomic E-state index is 5.90. The standard InChI is InChI=1S/C11H17NO.2C9H13N.C8H9Cl2N/c1-8(2)10-5-6-11(12-7-10)13-9(3)4;1-7(2)9-6-10-5-4-8(9)3;1-7(2)9-5-4-8(3)10-6-9;1-5(2)6-4-11-8(10)3-7(6)9/h5-9H,1-4H3;2*4-7H,1-3H3;3-5H,1-2H3. The first-order chi connectivity index (χ1) is 20.6. The molecule has 0 aliphatic rings. The molecule has 4 aromatic rings. The van der Waals surface area contributed by atoms with Crippen molar-refractivity contribution in [3.05, 3.63) is 111 Å². The molecule has 7 heteroatoms. The zero-order chi connectivity index (χ0) is 33.4. The van der Waals surface area contributed by atoms with Crippen LogP contribution in [0.25, 0.3) is 0 Å². The van der Waals surface area contributed by atoms with Gasteiger partial charge in [-0.05, 0) is 97.4 Å². The van der Waals surface area contributed by atoms with Crippen LogP contribution < -0.4 is 4.74 Å². The molecule has 0 atom stereocenters. The Labute approximate surface area is 276 Å². The average Bonchev–Trinajstić information content (AvgIpc) is 2.94. The van der Waals surface area contributed by atoms with Gasteiger partial charge in [-0.1, -0.05) is 90.7 Å². The molecule has 0 saturated heterocycles. The lowest BCUT2D eigenvalue weighted by atomic mass is 10.0. The second-order valence-corrected chi connectivity index (χ2v) is 13.0. The highest BCUT2D eigenvalue weighted by Crippen LogP contribution is 2.25. The predicted molar refractivity (Wildman–Crippen MR) is 189 cm³/mol. The van der Waals surface area contributed by atoms with Crippen molar-refractivity contribution >= 4 is 23.2 Å². The second kappa shape index (κ2) is 20.1. The molecule has 44 heavy (non-hydrogen) atoms. The normalized spacial score (nSPS) is 10.6. The van der Waals surface area contributed by atoms with Gasteiger partial charge in [-0.3, -0.25) is 9.97 Å². The first-order valence-corrected chi connectivity index (χ1v) is 16.1. The smallest absolute Gasteiger partial charge is 0.213 e. The third-order valence-electron chi connectivity index (χ3n) is 6.56. The molecule has 4 heterocycles. The molecule has 4 rings (SSSR count). The van der Waals surface area contributed by atoms with Crippen LogP contribution in [-0.2, 0) is 0 Å². The summed E-state index contributed by atoms with van der Waals surface area (Å²) in [5.74, 6) is 2.81. The van der Waals surface area contributed by atoms with Crippen LogP contribution in [-0.4, -0.2) is 26.0 Å². The highest BCUT2D eigenvalue weighted by Gasteiger charge is 2.05.